The lowest BCUT2D eigenvalue weighted by molar-refractivity contribution is -0.137. The van der Waals surface area contributed by atoms with Crippen LogP contribution >= 0.6 is 24.0 Å². The second-order valence-electron chi connectivity index (χ2n) is 8.38. The number of nitrogens with zero attached hydrogens (tertiary/aromatic N) is 1. The Hall–Kier alpha value is -1.55. The number of fused-ring (bicyclic) bond motifs is 1. The molecule has 1 spiro atoms. The molecule has 2 unspecified atom stereocenters. The Morgan fingerprint density at radius 3 is 2.57 bits per heavy atom. The van der Waals surface area contributed by atoms with Gasteiger partial charge < -0.3 is 10.2 Å². The van der Waals surface area contributed by atoms with Gasteiger partial charge in [-0.15, -0.1) is 12.4 Å². The molecular weight excluding hydrogens is 391 g/mol. The Morgan fingerprint density at radius 1 is 1.07 bits per heavy atom. The molecule has 2 aliphatic heterocycles. The molecule has 1 saturated heterocycles. The summed E-state index contributed by atoms with van der Waals surface area (Å²) in [5.74, 6) is 0.544. The Balaban J connectivity index is 0.00000192. The molecule has 5 rings (SSSR count). The van der Waals surface area contributed by atoms with E-state index in [0.717, 1.165) is 43.8 Å². The number of benzene rings is 2. The molecule has 3 aliphatic rings. The largest absolute Gasteiger partial charge is 0.331 e. The quantitative estimate of drug-likeness (QED) is 0.763. The molecule has 0 bridgehead atoms. The van der Waals surface area contributed by atoms with Crippen LogP contribution < -0.4 is 5.32 Å². The number of rotatable bonds is 2. The summed E-state index contributed by atoms with van der Waals surface area (Å²) in [6, 6.07) is 16.7. The van der Waals surface area contributed by atoms with E-state index in [2.05, 4.69) is 40.5 Å². The zero-order chi connectivity index (χ0) is 18.4. The molecule has 2 fully saturated rings. The summed E-state index contributed by atoms with van der Waals surface area (Å²) >= 11 is 6.24. The monoisotopic (exact) mass is 416 g/mol. The fourth-order valence-electron chi connectivity index (χ4n) is 5.13. The van der Waals surface area contributed by atoms with Crippen molar-refractivity contribution in [1.29, 1.82) is 0 Å². The van der Waals surface area contributed by atoms with Crippen molar-refractivity contribution < 1.29 is 4.79 Å². The van der Waals surface area contributed by atoms with Crippen molar-refractivity contribution in [3.8, 4) is 0 Å². The van der Waals surface area contributed by atoms with Crippen LogP contribution in [-0.4, -0.2) is 23.9 Å². The van der Waals surface area contributed by atoms with Gasteiger partial charge in [0.05, 0.1) is 6.04 Å². The summed E-state index contributed by atoms with van der Waals surface area (Å²) in [6.07, 6.45) is 4.20. The molecule has 2 heterocycles. The molecule has 1 aliphatic carbocycles. The highest BCUT2D eigenvalue weighted by molar-refractivity contribution is 6.30. The van der Waals surface area contributed by atoms with E-state index >= 15 is 0 Å². The van der Waals surface area contributed by atoms with E-state index in [0.29, 0.717) is 12.5 Å². The molecule has 3 nitrogen and oxygen atoms in total. The van der Waals surface area contributed by atoms with Gasteiger partial charge >= 0.3 is 0 Å². The molecule has 5 heteroatoms. The van der Waals surface area contributed by atoms with Gasteiger partial charge in [-0.3, -0.25) is 4.79 Å². The summed E-state index contributed by atoms with van der Waals surface area (Å²) in [5, 5.41) is 4.18. The molecular formula is C23H26Cl2N2O. The number of nitrogens with one attached hydrogen (secondary N) is 1. The summed E-state index contributed by atoms with van der Waals surface area (Å²) in [5.41, 5.74) is 4.00. The molecule has 28 heavy (non-hydrogen) atoms. The van der Waals surface area contributed by atoms with Gasteiger partial charge in [0.1, 0.15) is 0 Å². The maximum absolute atomic E-state index is 13.6. The Labute approximate surface area is 177 Å². The molecule has 2 atom stereocenters. The summed E-state index contributed by atoms with van der Waals surface area (Å²) < 4.78 is 0. The zero-order valence-corrected chi connectivity index (χ0v) is 17.4. The molecule has 1 N–H and O–H groups in total. The third kappa shape index (κ3) is 3.45. The number of hydrogen-bond acceptors (Lipinski definition) is 2. The minimum atomic E-state index is 0. The van der Waals surface area contributed by atoms with E-state index in [9.17, 15) is 4.79 Å². The van der Waals surface area contributed by atoms with Gasteiger partial charge in [0.15, 0.2) is 0 Å². The summed E-state index contributed by atoms with van der Waals surface area (Å²) in [4.78, 5) is 15.7. The SMILES string of the molecule is Cl.O=C(C1CC12CCNCC2)N1Cc2cc(Cl)ccc2CC1c1ccccc1. The van der Waals surface area contributed by atoms with Crippen molar-refractivity contribution in [3.63, 3.8) is 0 Å². The molecule has 0 aromatic heterocycles. The van der Waals surface area contributed by atoms with Gasteiger partial charge in [-0.1, -0.05) is 48.0 Å². The third-order valence-corrected chi connectivity index (χ3v) is 7.09. The Morgan fingerprint density at radius 2 is 1.82 bits per heavy atom. The normalized spacial score (nSPS) is 25.0. The highest BCUT2D eigenvalue weighted by Crippen LogP contribution is 2.60. The molecule has 2 aromatic rings. The molecule has 0 radical (unpaired) electrons. The number of piperidine rings is 1. The predicted molar refractivity (Wildman–Crippen MR) is 115 cm³/mol. The lowest BCUT2D eigenvalue weighted by atomic mass is 9.88. The van der Waals surface area contributed by atoms with Crippen molar-refractivity contribution in [3.05, 3.63) is 70.2 Å². The van der Waals surface area contributed by atoms with Crippen LogP contribution in [0.2, 0.25) is 5.02 Å². The molecule has 148 valence electrons. The second kappa shape index (κ2) is 7.70. The zero-order valence-electron chi connectivity index (χ0n) is 15.9. The van der Waals surface area contributed by atoms with Crippen LogP contribution in [0.15, 0.2) is 48.5 Å². The average Bonchev–Trinajstić information content (AvgIpc) is 3.40. The van der Waals surface area contributed by atoms with Crippen molar-refractivity contribution in [2.75, 3.05) is 13.1 Å². The third-order valence-electron chi connectivity index (χ3n) is 6.85. The fourth-order valence-corrected chi connectivity index (χ4v) is 5.33. The summed E-state index contributed by atoms with van der Waals surface area (Å²) in [7, 11) is 0. The van der Waals surface area contributed by atoms with Gasteiger partial charge in [-0.25, -0.2) is 0 Å². The molecule has 1 saturated carbocycles. The maximum atomic E-state index is 13.6. The van der Waals surface area contributed by atoms with E-state index in [1.165, 1.54) is 16.7 Å². The Kier molecular flexibility index (Phi) is 5.43. The minimum absolute atomic E-state index is 0. The van der Waals surface area contributed by atoms with Crippen LogP contribution in [0.1, 0.15) is 42.0 Å². The van der Waals surface area contributed by atoms with Gasteiger partial charge in [0.2, 0.25) is 5.91 Å². The van der Waals surface area contributed by atoms with Crippen molar-refractivity contribution in [1.82, 2.24) is 10.2 Å². The highest BCUT2D eigenvalue weighted by atomic mass is 35.5. The van der Waals surface area contributed by atoms with Gasteiger partial charge in [-0.2, -0.15) is 0 Å². The second-order valence-corrected chi connectivity index (χ2v) is 8.82. The van der Waals surface area contributed by atoms with Gasteiger partial charge in [0.25, 0.3) is 0 Å². The van der Waals surface area contributed by atoms with E-state index < -0.39 is 0 Å². The van der Waals surface area contributed by atoms with Crippen LogP contribution in [0.4, 0.5) is 0 Å². The van der Waals surface area contributed by atoms with Gasteiger partial charge in [-0.05, 0) is 73.0 Å². The maximum Gasteiger partial charge on any atom is 0.227 e. The lowest BCUT2D eigenvalue weighted by Crippen LogP contribution is -2.41. The van der Waals surface area contributed by atoms with E-state index in [-0.39, 0.29) is 29.8 Å². The van der Waals surface area contributed by atoms with E-state index in [4.69, 9.17) is 11.6 Å². The predicted octanol–water partition coefficient (Wildman–Crippen LogP) is 4.78. The van der Waals surface area contributed by atoms with Crippen molar-refractivity contribution >= 4 is 29.9 Å². The van der Waals surface area contributed by atoms with Crippen LogP contribution in [0.25, 0.3) is 0 Å². The first-order valence-corrected chi connectivity index (χ1v) is 10.4. The molecule has 1 amide bonds. The Bertz CT molecular complexity index is 864. The van der Waals surface area contributed by atoms with Crippen molar-refractivity contribution in [2.24, 2.45) is 11.3 Å². The minimum Gasteiger partial charge on any atom is -0.331 e. The number of carbonyl (C=O) groups is 1. The number of amides is 1. The first kappa shape index (κ1) is 19.8. The number of carbonyl (C=O) groups excluding carboxylic acids is 1. The fraction of sp³-hybridized carbons (Fsp3) is 0.435. The van der Waals surface area contributed by atoms with E-state index in [1.54, 1.807) is 0 Å². The topological polar surface area (TPSA) is 32.3 Å². The highest BCUT2D eigenvalue weighted by Gasteiger charge is 2.59. The summed E-state index contributed by atoms with van der Waals surface area (Å²) in [6.45, 7) is 2.76. The van der Waals surface area contributed by atoms with Gasteiger partial charge in [0, 0.05) is 17.5 Å². The smallest absolute Gasteiger partial charge is 0.227 e. The van der Waals surface area contributed by atoms with E-state index in [1.807, 2.05) is 18.2 Å². The first-order chi connectivity index (χ1) is 13.2. The van der Waals surface area contributed by atoms with Crippen LogP contribution in [0.5, 0.6) is 0 Å². The lowest BCUT2D eigenvalue weighted by Gasteiger charge is -2.38. The van der Waals surface area contributed by atoms with Crippen LogP contribution in [-0.2, 0) is 17.8 Å². The first-order valence-electron chi connectivity index (χ1n) is 10.00. The standard InChI is InChI=1S/C23H25ClN2O.ClH/c24-19-7-6-17-13-21(16-4-2-1-3-5-16)26(15-18(17)12-19)22(27)20-14-23(20)8-10-25-11-9-23;/h1-7,12,20-21,25H,8-11,13-15H2;1H. The molecule has 2 aromatic carbocycles. The van der Waals surface area contributed by atoms with Crippen LogP contribution in [0, 0.1) is 11.3 Å². The van der Waals surface area contributed by atoms with Crippen LogP contribution in [0.3, 0.4) is 0 Å². The number of halogens is 2. The average molecular weight is 417 g/mol. The number of hydrogen-bond donors (Lipinski definition) is 1. The van der Waals surface area contributed by atoms with Crippen molar-refractivity contribution in [2.45, 2.75) is 38.3 Å².